The molecule has 4 nitrogen and oxygen atoms in total. The van der Waals surface area contributed by atoms with Crippen LogP contribution in [0.15, 0.2) is 0 Å². The lowest BCUT2D eigenvalue weighted by Gasteiger charge is -2.43. The average Bonchev–Trinajstić information content (AvgIpc) is 2.44. The highest BCUT2D eigenvalue weighted by atomic mass is 16.5. The molecule has 2 fully saturated rings. The van der Waals surface area contributed by atoms with Crippen molar-refractivity contribution >= 4 is 0 Å². The Hall–Kier alpha value is -0.160. The van der Waals surface area contributed by atoms with E-state index in [0.29, 0.717) is 12.6 Å². The lowest BCUT2D eigenvalue weighted by atomic mass is 9.84. The Kier molecular flexibility index (Phi) is 6.57. The maximum absolute atomic E-state index is 8.73. The fraction of sp³-hybridized carbons (Fsp3) is 1.00. The molecule has 1 spiro atoms. The van der Waals surface area contributed by atoms with Crippen molar-refractivity contribution in [1.82, 2.24) is 5.32 Å². The third-order valence-electron chi connectivity index (χ3n) is 4.41. The van der Waals surface area contributed by atoms with Crippen LogP contribution in [0.3, 0.4) is 0 Å². The average molecular weight is 271 g/mol. The molecule has 2 aliphatic heterocycles. The van der Waals surface area contributed by atoms with Gasteiger partial charge in [-0.25, -0.2) is 0 Å². The summed E-state index contributed by atoms with van der Waals surface area (Å²) in [5, 5.41) is 12.4. The zero-order valence-electron chi connectivity index (χ0n) is 12.0. The molecule has 2 N–H and O–H groups in total. The third-order valence-corrected chi connectivity index (χ3v) is 4.41. The summed E-state index contributed by atoms with van der Waals surface area (Å²) in [6.07, 6.45) is 8.92. The number of aliphatic hydroxyl groups is 1. The van der Waals surface area contributed by atoms with Gasteiger partial charge in [-0.05, 0) is 45.1 Å². The largest absolute Gasteiger partial charge is 0.396 e. The molecule has 0 aromatic rings. The molecule has 0 saturated carbocycles. The van der Waals surface area contributed by atoms with Gasteiger partial charge in [0, 0.05) is 32.5 Å². The van der Waals surface area contributed by atoms with Gasteiger partial charge in [0.25, 0.3) is 0 Å². The fourth-order valence-electron chi connectivity index (χ4n) is 3.19. The van der Waals surface area contributed by atoms with E-state index < -0.39 is 0 Å². The van der Waals surface area contributed by atoms with Crippen LogP contribution in [0.1, 0.15) is 51.4 Å². The van der Waals surface area contributed by atoms with Crippen molar-refractivity contribution < 1.29 is 14.6 Å². The predicted molar refractivity (Wildman–Crippen MR) is 75.3 cm³/mol. The Morgan fingerprint density at radius 2 is 1.84 bits per heavy atom. The van der Waals surface area contributed by atoms with E-state index in [1.54, 1.807) is 0 Å². The molecule has 1 unspecified atom stereocenters. The minimum Gasteiger partial charge on any atom is -0.396 e. The van der Waals surface area contributed by atoms with Crippen molar-refractivity contribution in [2.45, 2.75) is 63.0 Å². The van der Waals surface area contributed by atoms with Gasteiger partial charge in [0.15, 0.2) is 0 Å². The standard InChI is InChI=1S/C15H29NO3/c17-9-4-2-1-3-8-16-14-5-10-19-15(13-14)6-11-18-12-7-15/h14,16-17H,1-13H2. The number of hydrogen-bond donors (Lipinski definition) is 2. The number of rotatable bonds is 7. The van der Waals surface area contributed by atoms with Crippen molar-refractivity contribution in [3.05, 3.63) is 0 Å². The van der Waals surface area contributed by atoms with Gasteiger partial charge < -0.3 is 19.9 Å². The van der Waals surface area contributed by atoms with E-state index in [-0.39, 0.29) is 5.60 Å². The summed E-state index contributed by atoms with van der Waals surface area (Å²) in [5.74, 6) is 0. The summed E-state index contributed by atoms with van der Waals surface area (Å²) in [6, 6.07) is 0.615. The predicted octanol–water partition coefficient (Wildman–Crippen LogP) is 1.86. The SMILES string of the molecule is OCCCCCCNC1CCOC2(CCOCC2)C1. The number of nitrogens with one attached hydrogen (secondary N) is 1. The second-order valence-electron chi connectivity index (χ2n) is 5.93. The maximum Gasteiger partial charge on any atom is 0.0741 e. The van der Waals surface area contributed by atoms with Gasteiger partial charge in [-0.3, -0.25) is 0 Å². The molecule has 1 atom stereocenters. The Balaban J connectivity index is 1.61. The van der Waals surface area contributed by atoms with Gasteiger partial charge in [-0.15, -0.1) is 0 Å². The van der Waals surface area contributed by atoms with Gasteiger partial charge in [0.2, 0.25) is 0 Å². The van der Waals surface area contributed by atoms with E-state index in [4.69, 9.17) is 14.6 Å². The molecule has 2 aliphatic rings. The van der Waals surface area contributed by atoms with Crippen LogP contribution in [0.2, 0.25) is 0 Å². The summed E-state index contributed by atoms with van der Waals surface area (Å²) >= 11 is 0. The van der Waals surface area contributed by atoms with Crippen LogP contribution in [0.4, 0.5) is 0 Å². The van der Waals surface area contributed by atoms with Gasteiger partial charge in [-0.2, -0.15) is 0 Å². The van der Waals surface area contributed by atoms with Crippen LogP contribution in [0.5, 0.6) is 0 Å². The second kappa shape index (κ2) is 8.20. The number of unbranched alkanes of at least 4 members (excludes halogenated alkanes) is 3. The van der Waals surface area contributed by atoms with Crippen LogP contribution in [-0.2, 0) is 9.47 Å². The molecular formula is C15H29NO3. The molecule has 0 aliphatic carbocycles. The first-order valence-electron chi connectivity index (χ1n) is 7.91. The van der Waals surface area contributed by atoms with E-state index in [9.17, 15) is 0 Å². The minimum absolute atomic E-state index is 0.102. The minimum atomic E-state index is 0.102. The lowest BCUT2D eigenvalue weighted by molar-refractivity contribution is -0.140. The molecule has 2 heterocycles. The van der Waals surface area contributed by atoms with Crippen LogP contribution < -0.4 is 5.32 Å². The third kappa shape index (κ3) is 5.03. The Morgan fingerprint density at radius 3 is 2.63 bits per heavy atom. The normalized spacial score (nSPS) is 26.7. The van der Waals surface area contributed by atoms with Gasteiger partial charge >= 0.3 is 0 Å². The number of aliphatic hydroxyl groups excluding tert-OH is 1. The van der Waals surface area contributed by atoms with Gasteiger partial charge in [0.1, 0.15) is 0 Å². The smallest absolute Gasteiger partial charge is 0.0741 e. The second-order valence-corrected chi connectivity index (χ2v) is 5.93. The van der Waals surface area contributed by atoms with E-state index in [1.807, 2.05) is 0 Å². The zero-order chi connectivity index (χ0) is 13.4. The summed E-state index contributed by atoms with van der Waals surface area (Å²) in [7, 11) is 0. The quantitative estimate of drug-likeness (QED) is 0.694. The summed E-state index contributed by atoms with van der Waals surface area (Å²) in [6.45, 7) is 4.03. The molecule has 0 aromatic carbocycles. The lowest BCUT2D eigenvalue weighted by Crippen LogP contribution is -2.50. The first-order valence-corrected chi connectivity index (χ1v) is 7.91. The van der Waals surface area contributed by atoms with Crippen molar-refractivity contribution in [1.29, 1.82) is 0 Å². The van der Waals surface area contributed by atoms with E-state index in [2.05, 4.69) is 5.32 Å². The van der Waals surface area contributed by atoms with Gasteiger partial charge in [-0.1, -0.05) is 12.8 Å². The summed E-state index contributed by atoms with van der Waals surface area (Å²) in [4.78, 5) is 0. The molecule has 2 saturated heterocycles. The first-order chi connectivity index (χ1) is 9.35. The Morgan fingerprint density at radius 1 is 1.05 bits per heavy atom. The topological polar surface area (TPSA) is 50.7 Å². The molecule has 2 rings (SSSR count). The highest BCUT2D eigenvalue weighted by molar-refractivity contribution is 4.91. The van der Waals surface area contributed by atoms with Crippen molar-refractivity contribution in [3.8, 4) is 0 Å². The summed E-state index contributed by atoms with van der Waals surface area (Å²) in [5.41, 5.74) is 0.102. The van der Waals surface area contributed by atoms with E-state index in [0.717, 1.165) is 64.9 Å². The molecule has 0 amide bonds. The van der Waals surface area contributed by atoms with Crippen molar-refractivity contribution in [2.75, 3.05) is 33.0 Å². The van der Waals surface area contributed by atoms with E-state index >= 15 is 0 Å². The molecular weight excluding hydrogens is 242 g/mol. The monoisotopic (exact) mass is 271 g/mol. The fourth-order valence-corrected chi connectivity index (χ4v) is 3.19. The molecule has 0 radical (unpaired) electrons. The van der Waals surface area contributed by atoms with Crippen LogP contribution in [-0.4, -0.2) is 49.7 Å². The number of ether oxygens (including phenoxy) is 2. The van der Waals surface area contributed by atoms with Gasteiger partial charge in [0.05, 0.1) is 5.60 Å². The van der Waals surface area contributed by atoms with Crippen molar-refractivity contribution in [3.63, 3.8) is 0 Å². The molecule has 4 heteroatoms. The molecule has 0 aromatic heterocycles. The Bertz CT molecular complexity index is 236. The van der Waals surface area contributed by atoms with Crippen molar-refractivity contribution in [2.24, 2.45) is 0 Å². The highest BCUT2D eigenvalue weighted by Crippen LogP contribution is 2.34. The molecule has 112 valence electrons. The summed E-state index contributed by atoms with van der Waals surface area (Å²) < 4.78 is 11.5. The maximum atomic E-state index is 8.73. The number of hydrogen-bond acceptors (Lipinski definition) is 4. The van der Waals surface area contributed by atoms with Crippen LogP contribution in [0.25, 0.3) is 0 Å². The van der Waals surface area contributed by atoms with Crippen LogP contribution in [0, 0.1) is 0 Å². The Labute approximate surface area is 116 Å². The highest BCUT2D eigenvalue weighted by Gasteiger charge is 2.38. The van der Waals surface area contributed by atoms with E-state index in [1.165, 1.54) is 12.8 Å². The van der Waals surface area contributed by atoms with Crippen LogP contribution >= 0.6 is 0 Å². The molecule has 0 bridgehead atoms. The zero-order valence-corrected chi connectivity index (χ0v) is 12.0. The first kappa shape index (κ1) is 15.2. The molecule has 19 heavy (non-hydrogen) atoms.